The molecule has 1 heterocycles. The summed E-state index contributed by atoms with van der Waals surface area (Å²) in [4.78, 5) is 12.2. The number of amides is 1. The molecule has 4 nitrogen and oxygen atoms in total. The van der Waals surface area contributed by atoms with Crippen LogP contribution in [0.5, 0.6) is 0 Å². The fraction of sp³-hybridized carbons (Fsp3) is 0.438. The van der Waals surface area contributed by atoms with Crippen LogP contribution in [0.4, 0.5) is 4.39 Å². The maximum absolute atomic E-state index is 13.3. The Kier molecular flexibility index (Phi) is 5.32. The summed E-state index contributed by atoms with van der Waals surface area (Å²) in [6.07, 6.45) is 1.02. The van der Waals surface area contributed by atoms with E-state index in [4.69, 9.17) is 9.84 Å². The highest BCUT2D eigenvalue weighted by molar-refractivity contribution is 5.96. The molecule has 1 aromatic carbocycles. The number of rotatable bonds is 3. The number of hydrogen-bond donors (Lipinski definition) is 2. The molecule has 2 atom stereocenters. The predicted octanol–water partition coefficient (Wildman–Crippen LogP) is 1.32. The van der Waals surface area contributed by atoms with Crippen LogP contribution in [-0.2, 0) is 4.74 Å². The van der Waals surface area contributed by atoms with Gasteiger partial charge in [0.2, 0.25) is 0 Å². The van der Waals surface area contributed by atoms with Gasteiger partial charge in [0.15, 0.2) is 0 Å². The third-order valence-corrected chi connectivity index (χ3v) is 3.59. The molecule has 1 aliphatic heterocycles. The number of benzene rings is 1. The highest BCUT2D eigenvalue weighted by Crippen LogP contribution is 2.19. The largest absolute Gasteiger partial charge is 0.384 e. The molecule has 2 N–H and O–H groups in total. The average Bonchev–Trinajstić information content (AvgIpc) is 2.88. The second-order valence-corrected chi connectivity index (χ2v) is 4.98. The van der Waals surface area contributed by atoms with Gasteiger partial charge in [-0.1, -0.05) is 11.8 Å². The van der Waals surface area contributed by atoms with E-state index >= 15 is 0 Å². The van der Waals surface area contributed by atoms with E-state index in [1.165, 1.54) is 12.1 Å². The number of halogens is 1. The zero-order valence-electron chi connectivity index (χ0n) is 11.9. The van der Waals surface area contributed by atoms with Gasteiger partial charge in [0.25, 0.3) is 5.91 Å². The summed E-state index contributed by atoms with van der Waals surface area (Å²) in [5.41, 5.74) is 0.584. The van der Waals surface area contributed by atoms with Gasteiger partial charge in [-0.2, -0.15) is 0 Å². The number of ether oxygens (including phenoxy) is 1. The number of hydrogen-bond acceptors (Lipinski definition) is 3. The van der Waals surface area contributed by atoms with Crippen LogP contribution in [0.15, 0.2) is 18.2 Å². The quantitative estimate of drug-likeness (QED) is 0.826. The minimum Gasteiger partial charge on any atom is -0.384 e. The molecule has 0 aromatic heterocycles. The van der Waals surface area contributed by atoms with E-state index in [0.29, 0.717) is 18.7 Å². The molecule has 0 aliphatic carbocycles. The Labute approximate surface area is 123 Å². The molecule has 0 spiro atoms. The summed E-state index contributed by atoms with van der Waals surface area (Å²) < 4.78 is 18.8. The maximum atomic E-state index is 13.3. The van der Waals surface area contributed by atoms with Crippen molar-refractivity contribution in [3.63, 3.8) is 0 Å². The van der Waals surface area contributed by atoms with Crippen LogP contribution in [0.1, 0.15) is 29.3 Å². The second kappa shape index (κ2) is 7.21. The van der Waals surface area contributed by atoms with Crippen molar-refractivity contribution in [1.82, 2.24) is 5.32 Å². The molecule has 1 saturated heterocycles. The first-order valence-corrected chi connectivity index (χ1v) is 6.91. The summed E-state index contributed by atoms with van der Waals surface area (Å²) in [5.74, 6) is 4.54. The van der Waals surface area contributed by atoms with Crippen LogP contribution in [0.2, 0.25) is 0 Å². The van der Waals surface area contributed by atoms with Crippen molar-refractivity contribution in [2.24, 2.45) is 5.92 Å². The van der Waals surface area contributed by atoms with Gasteiger partial charge < -0.3 is 15.2 Å². The predicted molar refractivity (Wildman–Crippen MR) is 76.2 cm³/mol. The van der Waals surface area contributed by atoms with Crippen molar-refractivity contribution < 1.29 is 19.0 Å². The van der Waals surface area contributed by atoms with Crippen LogP contribution in [0.3, 0.4) is 0 Å². The summed E-state index contributed by atoms with van der Waals surface area (Å²) in [5, 5.41) is 11.5. The highest BCUT2D eigenvalue weighted by atomic mass is 19.1. The molecule has 0 saturated carbocycles. The monoisotopic (exact) mass is 291 g/mol. The lowest BCUT2D eigenvalue weighted by atomic mass is 10.0. The number of carbonyl (C=O) groups is 1. The summed E-state index contributed by atoms with van der Waals surface area (Å²) >= 11 is 0. The Morgan fingerprint density at radius 2 is 2.38 bits per heavy atom. The first-order valence-electron chi connectivity index (χ1n) is 6.91. The van der Waals surface area contributed by atoms with Gasteiger partial charge in [-0.3, -0.25) is 4.79 Å². The Morgan fingerprint density at radius 3 is 3.05 bits per heavy atom. The maximum Gasteiger partial charge on any atom is 0.252 e. The summed E-state index contributed by atoms with van der Waals surface area (Å²) in [6.45, 7) is 2.86. The van der Waals surface area contributed by atoms with Crippen LogP contribution in [0, 0.1) is 23.6 Å². The van der Waals surface area contributed by atoms with Crippen LogP contribution < -0.4 is 5.32 Å². The van der Waals surface area contributed by atoms with Gasteiger partial charge in [-0.15, -0.1) is 0 Å². The molecule has 0 bridgehead atoms. The Hall–Kier alpha value is -1.90. The lowest BCUT2D eigenvalue weighted by Crippen LogP contribution is -2.32. The number of aliphatic hydroxyl groups is 1. The lowest BCUT2D eigenvalue weighted by molar-refractivity contribution is 0.0907. The fourth-order valence-electron chi connectivity index (χ4n) is 2.31. The molecule has 1 fully saturated rings. The van der Waals surface area contributed by atoms with E-state index in [9.17, 15) is 9.18 Å². The van der Waals surface area contributed by atoms with Crippen LogP contribution in [0.25, 0.3) is 0 Å². The zero-order chi connectivity index (χ0) is 15.2. The molecule has 112 valence electrons. The molecular formula is C16H18FNO3. The SMILES string of the molecule is CC1OCCC1CNC(=O)c1cc(F)ccc1C#CCO. The average molecular weight is 291 g/mol. The lowest BCUT2D eigenvalue weighted by Gasteiger charge is -2.15. The van der Waals surface area contributed by atoms with Crippen LogP contribution >= 0.6 is 0 Å². The molecule has 1 aromatic rings. The molecule has 1 amide bonds. The Balaban J connectivity index is 2.08. The van der Waals surface area contributed by atoms with Crippen molar-refractivity contribution in [3.8, 4) is 11.8 Å². The number of carbonyl (C=O) groups excluding carboxylic acids is 1. The molecular weight excluding hydrogens is 273 g/mol. The molecule has 2 rings (SSSR count). The first kappa shape index (κ1) is 15.5. The van der Waals surface area contributed by atoms with E-state index in [1.807, 2.05) is 6.92 Å². The van der Waals surface area contributed by atoms with E-state index in [1.54, 1.807) is 0 Å². The van der Waals surface area contributed by atoms with Crippen molar-refractivity contribution in [1.29, 1.82) is 0 Å². The molecule has 5 heteroatoms. The van der Waals surface area contributed by atoms with Crippen molar-refractivity contribution in [3.05, 3.63) is 35.1 Å². The summed E-state index contributed by atoms with van der Waals surface area (Å²) in [7, 11) is 0. The van der Waals surface area contributed by atoms with Gasteiger partial charge in [0.1, 0.15) is 12.4 Å². The van der Waals surface area contributed by atoms with E-state index < -0.39 is 5.82 Å². The smallest absolute Gasteiger partial charge is 0.252 e. The van der Waals surface area contributed by atoms with Crippen molar-refractivity contribution in [2.45, 2.75) is 19.4 Å². The normalized spacial score (nSPS) is 20.7. The molecule has 0 radical (unpaired) electrons. The molecule has 1 aliphatic rings. The van der Waals surface area contributed by atoms with Gasteiger partial charge in [-0.05, 0) is 31.5 Å². The zero-order valence-corrected chi connectivity index (χ0v) is 11.9. The second-order valence-electron chi connectivity index (χ2n) is 4.98. The van der Waals surface area contributed by atoms with Gasteiger partial charge >= 0.3 is 0 Å². The minimum absolute atomic E-state index is 0.117. The standard InChI is InChI=1S/C16H18FNO3/c1-11-13(6-8-21-11)10-18-16(20)15-9-14(17)5-4-12(15)3-2-7-19/h4-5,9,11,13,19H,6-8,10H2,1H3,(H,18,20). The van der Waals surface area contributed by atoms with Crippen molar-refractivity contribution >= 4 is 5.91 Å². The number of nitrogens with one attached hydrogen (secondary N) is 1. The van der Waals surface area contributed by atoms with Crippen molar-refractivity contribution in [2.75, 3.05) is 19.8 Å². The Morgan fingerprint density at radius 1 is 1.57 bits per heavy atom. The Bertz CT molecular complexity index is 577. The van der Waals surface area contributed by atoms with Crippen LogP contribution in [-0.4, -0.2) is 36.9 Å². The van der Waals surface area contributed by atoms with E-state index in [-0.39, 0.29) is 30.1 Å². The first-order chi connectivity index (χ1) is 10.1. The molecule has 2 unspecified atom stereocenters. The third-order valence-electron chi connectivity index (χ3n) is 3.59. The summed E-state index contributed by atoms with van der Waals surface area (Å²) in [6, 6.07) is 3.84. The fourth-order valence-corrected chi connectivity index (χ4v) is 2.31. The number of aliphatic hydroxyl groups excluding tert-OH is 1. The van der Waals surface area contributed by atoms with Gasteiger partial charge in [0.05, 0.1) is 11.7 Å². The topological polar surface area (TPSA) is 58.6 Å². The minimum atomic E-state index is -0.493. The van der Waals surface area contributed by atoms with Gasteiger partial charge in [0, 0.05) is 24.6 Å². The molecule has 21 heavy (non-hydrogen) atoms. The highest BCUT2D eigenvalue weighted by Gasteiger charge is 2.24. The van der Waals surface area contributed by atoms with E-state index in [2.05, 4.69) is 17.2 Å². The van der Waals surface area contributed by atoms with E-state index in [0.717, 1.165) is 12.5 Å². The third kappa shape index (κ3) is 4.03. The van der Waals surface area contributed by atoms with Gasteiger partial charge in [-0.25, -0.2) is 4.39 Å².